The van der Waals surface area contributed by atoms with E-state index in [1.54, 1.807) is 19.2 Å². The Kier molecular flexibility index (Phi) is 4.29. The number of methoxy groups -OCH3 is 1. The van der Waals surface area contributed by atoms with E-state index in [1.165, 1.54) is 11.1 Å². The average molecular weight is 395 g/mol. The number of likely N-dealkylation sites (tertiary alicyclic amines) is 1. The van der Waals surface area contributed by atoms with Gasteiger partial charge in [-0.15, -0.1) is 0 Å². The molecule has 5 rings (SSSR count). The number of nitrogens with zero attached hydrogens (tertiary/aromatic N) is 1. The van der Waals surface area contributed by atoms with Gasteiger partial charge >= 0.3 is 6.09 Å². The number of ether oxygens (including phenoxy) is 4. The van der Waals surface area contributed by atoms with Crippen LogP contribution in [-0.2, 0) is 21.3 Å². The van der Waals surface area contributed by atoms with E-state index in [-0.39, 0.29) is 24.3 Å². The van der Waals surface area contributed by atoms with Crippen LogP contribution in [0.15, 0.2) is 48.5 Å². The first-order valence-corrected chi connectivity index (χ1v) is 10.00. The van der Waals surface area contributed by atoms with Crippen LogP contribution in [-0.4, -0.2) is 49.7 Å². The average Bonchev–Trinajstić information content (AvgIpc) is 2.74. The van der Waals surface area contributed by atoms with Crippen molar-refractivity contribution in [2.24, 2.45) is 0 Å². The second-order valence-corrected chi connectivity index (χ2v) is 8.17. The summed E-state index contributed by atoms with van der Waals surface area (Å²) in [5, 5.41) is 0. The minimum Gasteiger partial charge on any atom is -0.497 e. The quantitative estimate of drug-likeness (QED) is 0.779. The van der Waals surface area contributed by atoms with Crippen molar-refractivity contribution in [3.8, 4) is 11.5 Å². The number of fused-ring (bicyclic) bond motifs is 1. The summed E-state index contributed by atoms with van der Waals surface area (Å²) in [4.78, 5) is 14.9. The van der Waals surface area contributed by atoms with Crippen LogP contribution < -0.4 is 9.47 Å². The van der Waals surface area contributed by atoms with E-state index >= 15 is 0 Å². The van der Waals surface area contributed by atoms with E-state index < -0.39 is 5.60 Å². The molecule has 2 bridgehead atoms. The molecule has 2 fully saturated rings. The summed E-state index contributed by atoms with van der Waals surface area (Å²) < 4.78 is 23.2. The second-order valence-electron chi connectivity index (χ2n) is 8.17. The van der Waals surface area contributed by atoms with E-state index in [2.05, 4.69) is 19.1 Å². The monoisotopic (exact) mass is 395 g/mol. The standard InChI is InChI=1S/C23H25NO5/c1-22-20-12-16-8-9-18(26-2)13-19(16)23(22,14-27-15-28-22)10-11-24(20)21(25)29-17-6-4-3-5-7-17/h3-9,13,20H,10-12,14-15H2,1-2H3/t20-,22+,23-/m1/s1. The lowest BCUT2D eigenvalue weighted by Crippen LogP contribution is -2.75. The molecule has 1 amide bonds. The Bertz CT molecular complexity index is 932. The van der Waals surface area contributed by atoms with Crippen LogP contribution in [0.2, 0.25) is 0 Å². The lowest BCUT2D eigenvalue weighted by Gasteiger charge is -2.63. The Morgan fingerprint density at radius 1 is 1.17 bits per heavy atom. The van der Waals surface area contributed by atoms with Gasteiger partial charge in [-0.05, 0) is 55.2 Å². The maximum Gasteiger partial charge on any atom is 0.415 e. The van der Waals surface area contributed by atoms with Crippen molar-refractivity contribution in [2.75, 3.05) is 27.1 Å². The van der Waals surface area contributed by atoms with Crippen molar-refractivity contribution in [1.29, 1.82) is 0 Å². The van der Waals surface area contributed by atoms with Gasteiger partial charge in [0.05, 0.1) is 25.2 Å². The number of para-hydroxylation sites is 1. The highest BCUT2D eigenvalue weighted by Gasteiger charge is 2.64. The minimum absolute atomic E-state index is 0.128. The van der Waals surface area contributed by atoms with Crippen LogP contribution in [0.25, 0.3) is 0 Å². The molecular weight excluding hydrogens is 370 g/mol. The molecule has 2 aromatic rings. The number of carbonyl (C=O) groups excluding carboxylic acids is 1. The van der Waals surface area contributed by atoms with Crippen LogP contribution in [0, 0.1) is 0 Å². The highest BCUT2D eigenvalue weighted by Crippen LogP contribution is 2.55. The van der Waals surface area contributed by atoms with Crippen molar-refractivity contribution in [3.63, 3.8) is 0 Å². The van der Waals surface area contributed by atoms with E-state index in [1.807, 2.05) is 29.2 Å². The smallest absolute Gasteiger partial charge is 0.415 e. The van der Waals surface area contributed by atoms with E-state index in [0.717, 1.165) is 12.2 Å². The molecule has 0 unspecified atom stereocenters. The normalized spacial score (nSPS) is 30.1. The summed E-state index contributed by atoms with van der Waals surface area (Å²) >= 11 is 0. The van der Waals surface area contributed by atoms with Crippen molar-refractivity contribution >= 4 is 6.09 Å². The maximum absolute atomic E-state index is 13.1. The molecule has 1 aliphatic carbocycles. The third kappa shape index (κ3) is 2.66. The van der Waals surface area contributed by atoms with Gasteiger partial charge in [0.25, 0.3) is 0 Å². The molecular formula is C23H25NO5. The zero-order valence-corrected chi connectivity index (χ0v) is 16.7. The molecule has 0 radical (unpaired) electrons. The van der Waals surface area contributed by atoms with Crippen LogP contribution >= 0.6 is 0 Å². The first kappa shape index (κ1) is 18.5. The van der Waals surface area contributed by atoms with Gasteiger partial charge in [0, 0.05) is 6.54 Å². The third-order valence-corrected chi connectivity index (χ3v) is 6.96. The summed E-state index contributed by atoms with van der Waals surface area (Å²) in [6, 6.07) is 15.3. The van der Waals surface area contributed by atoms with Gasteiger partial charge in [-0.1, -0.05) is 24.3 Å². The van der Waals surface area contributed by atoms with Crippen molar-refractivity contribution < 1.29 is 23.7 Å². The van der Waals surface area contributed by atoms with E-state index in [0.29, 0.717) is 25.3 Å². The topological polar surface area (TPSA) is 57.2 Å². The van der Waals surface area contributed by atoms with Crippen LogP contribution in [0.3, 0.4) is 0 Å². The largest absolute Gasteiger partial charge is 0.497 e. The fraction of sp³-hybridized carbons (Fsp3) is 0.435. The molecule has 29 heavy (non-hydrogen) atoms. The fourth-order valence-electron chi connectivity index (χ4n) is 5.33. The number of amides is 1. The molecule has 152 valence electrons. The Labute approximate surface area is 170 Å². The van der Waals surface area contributed by atoms with Crippen LogP contribution in [0.1, 0.15) is 24.5 Å². The van der Waals surface area contributed by atoms with Crippen molar-refractivity contribution in [3.05, 3.63) is 59.7 Å². The highest BCUT2D eigenvalue weighted by atomic mass is 16.7. The Hall–Kier alpha value is -2.57. The van der Waals surface area contributed by atoms with Gasteiger partial charge in [0.15, 0.2) is 0 Å². The van der Waals surface area contributed by atoms with Crippen molar-refractivity contribution in [1.82, 2.24) is 4.90 Å². The molecule has 0 saturated carbocycles. The molecule has 6 nitrogen and oxygen atoms in total. The van der Waals surface area contributed by atoms with Gasteiger partial charge in [-0.25, -0.2) is 4.79 Å². The van der Waals surface area contributed by atoms with Gasteiger partial charge in [0.1, 0.15) is 23.9 Å². The zero-order chi connectivity index (χ0) is 20.1. The first-order chi connectivity index (χ1) is 14.1. The number of hydrogen-bond acceptors (Lipinski definition) is 5. The molecule has 0 aromatic heterocycles. The summed E-state index contributed by atoms with van der Waals surface area (Å²) in [6.45, 7) is 3.51. The molecule has 6 heteroatoms. The first-order valence-electron chi connectivity index (χ1n) is 10.00. The highest BCUT2D eigenvalue weighted by molar-refractivity contribution is 5.72. The fourth-order valence-corrected chi connectivity index (χ4v) is 5.33. The van der Waals surface area contributed by atoms with Gasteiger partial charge in [0.2, 0.25) is 0 Å². The van der Waals surface area contributed by atoms with Crippen LogP contribution in [0.5, 0.6) is 11.5 Å². The molecule has 3 aliphatic rings. The number of rotatable bonds is 2. The molecule has 3 atom stereocenters. The molecule has 0 N–H and O–H groups in total. The number of benzene rings is 2. The minimum atomic E-state index is -0.557. The van der Waals surface area contributed by atoms with Gasteiger partial charge in [-0.2, -0.15) is 0 Å². The number of hydrogen-bond donors (Lipinski definition) is 0. The Morgan fingerprint density at radius 2 is 2.00 bits per heavy atom. The van der Waals surface area contributed by atoms with Gasteiger partial charge in [-0.3, -0.25) is 0 Å². The maximum atomic E-state index is 13.1. The van der Waals surface area contributed by atoms with Crippen molar-refractivity contribution in [2.45, 2.75) is 36.8 Å². The van der Waals surface area contributed by atoms with E-state index in [4.69, 9.17) is 18.9 Å². The third-order valence-electron chi connectivity index (χ3n) is 6.96. The van der Waals surface area contributed by atoms with Gasteiger partial charge < -0.3 is 23.8 Å². The SMILES string of the molecule is COc1ccc2c(c1)[C@]13CCN(C(=O)Oc4ccccc4)[C@H](C2)[C@]1(C)OCOC3. The summed E-state index contributed by atoms with van der Waals surface area (Å²) in [5.74, 6) is 1.38. The second kappa shape index (κ2) is 6.75. The Morgan fingerprint density at radius 3 is 2.79 bits per heavy atom. The number of carbonyl (C=O) groups is 1. The summed E-state index contributed by atoms with van der Waals surface area (Å²) in [5.41, 5.74) is 1.55. The molecule has 0 spiro atoms. The predicted octanol–water partition coefficient (Wildman–Crippen LogP) is 3.53. The molecule has 2 aromatic carbocycles. The van der Waals surface area contributed by atoms with E-state index in [9.17, 15) is 4.79 Å². The lowest BCUT2D eigenvalue weighted by atomic mass is 9.55. The Balaban J connectivity index is 1.54. The molecule has 2 aliphatic heterocycles. The zero-order valence-electron chi connectivity index (χ0n) is 16.7. The predicted molar refractivity (Wildman–Crippen MR) is 106 cm³/mol. The molecule has 2 saturated heterocycles. The van der Waals surface area contributed by atoms with Crippen LogP contribution in [0.4, 0.5) is 4.79 Å². The lowest BCUT2D eigenvalue weighted by molar-refractivity contribution is -0.269. The summed E-state index contributed by atoms with van der Waals surface area (Å²) in [6.07, 6.45) is 1.12. The molecule has 2 heterocycles. The number of piperidine rings is 1. The summed E-state index contributed by atoms with van der Waals surface area (Å²) in [7, 11) is 1.68.